The molecular weight excluding hydrogens is 334 g/mol. The molecule has 1 saturated carbocycles. The molecule has 2 aromatic rings. The van der Waals surface area contributed by atoms with Crippen LogP contribution in [0.2, 0.25) is 0 Å². The van der Waals surface area contributed by atoms with E-state index in [0.29, 0.717) is 0 Å². The molecular formula is C22H23N5. The third kappa shape index (κ3) is 3.42. The summed E-state index contributed by atoms with van der Waals surface area (Å²) in [5.41, 5.74) is 3.89. The van der Waals surface area contributed by atoms with Crippen molar-refractivity contribution >= 4 is 11.5 Å². The highest BCUT2D eigenvalue weighted by Crippen LogP contribution is 2.54. The Morgan fingerprint density at radius 2 is 2.07 bits per heavy atom. The Hall–Kier alpha value is -2.82. The zero-order valence-electron chi connectivity index (χ0n) is 15.6. The Morgan fingerprint density at radius 3 is 2.81 bits per heavy atom. The van der Waals surface area contributed by atoms with E-state index < -0.39 is 0 Å². The molecule has 1 aliphatic heterocycles. The summed E-state index contributed by atoms with van der Waals surface area (Å²) in [5, 5.41) is 0. The van der Waals surface area contributed by atoms with Crippen molar-refractivity contribution < 1.29 is 0 Å². The van der Waals surface area contributed by atoms with Crippen molar-refractivity contribution in [1.82, 2.24) is 19.9 Å². The van der Waals surface area contributed by atoms with Crippen LogP contribution in [0.25, 0.3) is 5.57 Å². The Balaban J connectivity index is 1.38. The molecule has 5 nitrogen and oxygen atoms in total. The predicted octanol–water partition coefficient (Wildman–Crippen LogP) is 3.65. The molecule has 0 saturated heterocycles. The number of nitrogens with zero attached hydrogens (tertiary/aromatic N) is 5. The summed E-state index contributed by atoms with van der Waals surface area (Å²) in [5.74, 6) is 2.60. The molecule has 1 fully saturated rings. The lowest BCUT2D eigenvalue weighted by Gasteiger charge is -2.25. The molecule has 0 amide bonds. The van der Waals surface area contributed by atoms with Crippen LogP contribution in [0.15, 0.2) is 54.3 Å². The van der Waals surface area contributed by atoms with Gasteiger partial charge in [-0.15, -0.1) is 0 Å². The molecule has 2 bridgehead atoms. The highest BCUT2D eigenvalue weighted by Gasteiger charge is 2.50. The average molecular weight is 357 g/mol. The monoisotopic (exact) mass is 357 g/mol. The molecule has 5 rings (SSSR count). The van der Waals surface area contributed by atoms with Gasteiger partial charge in [0.15, 0.2) is 5.82 Å². The van der Waals surface area contributed by atoms with Gasteiger partial charge in [-0.2, -0.15) is 9.97 Å². The normalized spacial score (nSPS) is 20.2. The summed E-state index contributed by atoms with van der Waals surface area (Å²) in [4.78, 5) is 20.9. The maximum Gasteiger partial charge on any atom is 0.228 e. The molecule has 0 aromatic carbocycles. The number of pyridine rings is 1. The lowest BCUT2D eigenvalue weighted by molar-refractivity contribution is 0.614. The Kier molecular flexibility index (Phi) is 3.88. The second-order valence-corrected chi connectivity index (χ2v) is 7.77. The number of hydrogen-bond acceptors (Lipinski definition) is 5. The Morgan fingerprint density at radius 1 is 1.19 bits per heavy atom. The lowest BCUT2D eigenvalue weighted by Crippen LogP contribution is -2.28. The minimum absolute atomic E-state index is 0.158. The number of fused-ring (bicyclic) bond motifs is 3. The standard InChI is InChI=1S/C22H23N5/c1-27(14-10-18-7-2-3-13-23-18)21-25-19-17(6-4-5-16-8-9-16)15-22(11-12-22)20(24-19)26-21/h2-8,13H,9-12,14-15H2,1H3. The smallest absolute Gasteiger partial charge is 0.228 e. The van der Waals surface area contributed by atoms with Crippen LogP contribution in [0.5, 0.6) is 0 Å². The Bertz CT molecular complexity index is 954. The van der Waals surface area contributed by atoms with Crippen LogP contribution in [0.1, 0.15) is 43.0 Å². The van der Waals surface area contributed by atoms with Gasteiger partial charge in [0, 0.05) is 37.3 Å². The first-order valence-electron chi connectivity index (χ1n) is 9.66. The highest BCUT2D eigenvalue weighted by atomic mass is 15.3. The van der Waals surface area contributed by atoms with E-state index in [1.54, 1.807) is 0 Å². The third-order valence-electron chi connectivity index (χ3n) is 5.59. The number of rotatable bonds is 6. The molecule has 136 valence electrons. The van der Waals surface area contributed by atoms with E-state index in [4.69, 9.17) is 15.0 Å². The molecule has 2 aliphatic carbocycles. The SMILES string of the molecule is CN(CCc1ccccn1)c1nc2nc(n1)C1(CC1)CC2=CC=CC1=CC1. The molecule has 1 spiro atoms. The van der Waals surface area contributed by atoms with Gasteiger partial charge in [-0.25, -0.2) is 4.98 Å². The Labute approximate surface area is 159 Å². The number of hydrogen-bond donors (Lipinski definition) is 0. The van der Waals surface area contributed by atoms with E-state index >= 15 is 0 Å². The summed E-state index contributed by atoms with van der Waals surface area (Å²) in [6.45, 7) is 0.833. The second kappa shape index (κ2) is 6.41. The second-order valence-electron chi connectivity index (χ2n) is 7.77. The van der Waals surface area contributed by atoms with E-state index in [1.165, 1.54) is 24.0 Å². The number of allylic oxidation sites excluding steroid dienone is 6. The van der Waals surface area contributed by atoms with E-state index in [1.807, 2.05) is 18.3 Å². The molecule has 3 heterocycles. The molecule has 2 aromatic heterocycles. The summed E-state index contributed by atoms with van der Waals surface area (Å²) in [6, 6.07) is 6.03. The highest BCUT2D eigenvalue weighted by molar-refractivity contribution is 5.67. The first-order chi connectivity index (χ1) is 13.2. The summed E-state index contributed by atoms with van der Waals surface area (Å²) in [6.07, 6.45) is 16.0. The van der Waals surface area contributed by atoms with Gasteiger partial charge in [0.25, 0.3) is 0 Å². The van der Waals surface area contributed by atoms with Crippen LogP contribution in [0.4, 0.5) is 5.95 Å². The van der Waals surface area contributed by atoms with Gasteiger partial charge in [-0.05, 0) is 49.0 Å². The molecule has 5 heteroatoms. The zero-order valence-corrected chi connectivity index (χ0v) is 15.6. The fraction of sp³-hybridized carbons (Fsp3) is 0.364. The molecule has 0 atom stereocenters. The summed E-state index contributed by atoms with van der Waals surface area (Å²) < 4.78 is 0. The summed E-state index contributed by atoms with van der Waals surface area (Å²) >= 11 is 0. The minimum atomic E-state index is 0.158. The van der Waals surface area contributed by atoms with E-state index in [2.05, 4.69) is 47.3 Å². The van der Waals surface area contributed by atoms with Crippen LogP contribution in [-0.2, 0) is 11.8 Å². The molecule has 27 heavy (non-hydrogen) atoms. The van der Waals surface area contributed by atoms with Crippen LogP contribution in [-0.4, -0.2) is 33.5 Å². The third-order valence-corrected chi connectivity index (χ3v) is 5.59. The van der Waals surface area contributed by atoms with Crippen LogP contribution < -0.4 is 4.90 Å². The first-order valence-corrected chi connectivity index (χ1v) is 9.66. The van der Waals surface area contributed by atoms with Gasteiger partial charge >= 0.3 is 0 Å². The minimum Gasteiger partial charge on any atom is -0.343 e. The van der Waals surface area contributed by atoms with Gasteiger partial charge < -0.3 is 4.90 Å². The largest absolute Gasteiger partial charge is 0.343 e. The number of aromatic nitrogens is 4. The molecule has 0 radical (unpaired) electrons. The van der Waals surface area contributed by atoms with Crippen molar-refractivity contribution in [1.29, 1.82) is 0 Å². The van der Waals surface area contributed by atoms with E-state index in [0.717, 1.165) is 49.1 Å². The van der Waals surface area contributed by atoms with E-state index in [-0.39, 0.29) is 5.41 Å². The van der Waals surface area contributed by atoms with Crippen molar-refractivity contribution in [3.05, 3.63) is 71.6 Å². The van der Waals surface area contributed by atoms with Crippen molar-refractivity contribution in [2.45, 2.75) is 37.5 Å². The van der Waals surface area contributed by atoms with Crippen molar-refractivity contribution in [2.75, 3.05) is 18.5 Å². The van der Waals surface area contributed by atoms with Crippen molar-refractivity contribution in [2.24, 2.45) is 0 Å². The molecule has 0 N–H and O–H groups in total. The quantitative estimate of drug-likeness (QED) is 0.790. The fourth-order valence-electron chi connectivity index (χ4n) is 3.53. The van der Waals surface area contributed by atoms with Crippen LogP contribution in [0, 0.1) is 0 Å². The summed E-state index contributed by atoms with van der Waals surface area (Å²) in [7, 11) is 2.05. The van der Waals surface area contributed by atoms with Gasteiger partial charge in [0.1, 0.15) is 5.82 Å². The van der Waals surface area contributed by atoms with Gasteiger partial charge in [-0.1, -0.05) is 30.4 Å². The van der Waals surface area contributed by atoms with Crippen molar-refractivity contribution in [3.63, 3.8) is 0 Å². The predicted molar refractivity (Wildman–Crippen MR) is 106 cm³/mol. The average Bonchev–Trinajstić information content (AvgIpc) is 3.62. The van der Waals surface area contributed by atoms with Crippen LogP contribution in [0.3, 0.4) is 0 Å². The zero-order chi connectivity index (χ0) is 18.3. The number of likely N-dealkylation sites (N-methyl/N-ethyl adjacent to an activating group) is 1. The lowest BCUT2D eigenvalue weighted by atomic mass is 9.91. The molecule has 0 unspecified atom stereocenters. The van der Waals surface area contributed by atoms with E-state index in [9.17, 15) is 0 Å². The topological polar surface area (TPSA) is 54.8 Å². The van der Waals surface area contributed by atoms with Gasteiger partial charge in [0.2, 0.25) is 5.95 Å². The van der Waals surface area contributed by atoms with Gasteiger partial charge in [-0.3, -0.25) is 4.98 Å². The number of anilines is 1. The first kappa shape index (κ1) is 16.4. The maximum atomic E-state index is 4.81. The molecule has 3 aliphatic rings. The van der Waals surface area contributed by atoms with Crippen molar-refractivity contribution in [3.8, 4) is 0 Å². The fourth-order valence-corrected chi connectivity index (χ4v) is 3.53. The van der Waals surface area contributed by atoms with Crippen LogP contribution >= 0.6 is 0 Å². The van der Waals surface area contributed by atoms with Gasteiger partial charge in [0.05, 0.1) is 0 Å². The maximum absolute atomic E-state index is 4.81.